The Kier molecular flexibility index (Phi) is 4.18. The molecule has 2 heterocycles. The smallest absolute Gasteiger partial charge is 0.250 e. The molecule has 2 rings (SSSR count). The molecule has 0 radical (unpaired) electrons. The number of aliphatic hydroxyl groups excluding tert-OH is 1. The lowest BCUT2D eigenvalue weighted by Crippen LogP contribution is -2.25. The van der Waals surface area contributed by atoms with Gasteiger partial charge in [0, 0.05) is 12.1 Å². The van der Waals surface area contributed by atoms with Crippen LogP contribution in [0.15, 0.2) is 44.7 Å². The molecule has 1 unspecified atom stereocenters. The van der Waals surface area contributed by atoms with Gasteiger partial charge in [0.15, 0.2) is 0 Å². The van der Waals surface area contributed by atoms with Crippen molar-refractivity contribution >= 4 is 21.4 Å². The minimum atomic E-state index is -3.45. The van der Waals surface area contributed by atoms with Gasteiger partial charge < -0.3 is 9.52 Å². The highest BCUT2D eigenvalue weighted by Crippen LogP contribution is 2.18. The molecular formula is C11H13NO4S2. The quantitative estimate of drug-likeness (QED) is 0.848. The molecule has 18 heavy (non-hydrogen) atoms. The van der Waals surface area contributed by atoms with Crippen LogP contribution < -0.4 is 4.72 Å². The van der Waals surface area contributed by atoms with E-state index in [2.05, 4.69) is 4.72 Å². The van der Waals surface area contributed by atoms with Crippen LogP contribution in [0.25, 0.3) is 0 Å². The summed E-state index contributed by atoms with van der Waals surface area (Å²) >= 11 is 1.16. The summed E-state index contributed by atoms with van der Waals surface area (Å²) in [4.78, 5) is 0. The molecule has 5 nitrogen and oxygen atoms in total. The molecule has 0 aliphatic carbocycles. The zero-order valence-electron chi connectivity index (χ0n) is 9.44. The Morgan fingerprint density at radius 2 is 2.28 bits per heavy atom. The summed E-state index contributed by atoms with van der Waals surface area (Å²) < 4.78 is 31.1. The van der Waals surface area contributed by atoms with Crippen molar-refractivity contribution in [2.24, 2.45) is 0 Å². The lowest BCUT2D eigenvalue weighted by Gasteiger charge is -2.09. The predicted octanol–water partition coefficient (Wildman–Crippen LogP) is 1.74. The molecule has 0 aliphatic heterocycles. The third kappa shape index (κ3) is 3.20. The van der Waals surface area contributed by atoms with Crippen LogP contribution in [0, 0.1) is 0 Å². The van der Waals surface area contributed by atoms with Crippen LogP contribution in [-0.4, -0.2) is 20.1 Å². The van der Waals surface area contributed by atoms with Gasteiger partial charge in [0.1, 0.15) is 4.21 Å². The highest BCUT2D eigenvalue weighted by atomic mass is 32.2. The summed E-state index contributed by atoms with van der Waals surface area (Å²) in [6, 6.07) is 4.87. The molecule has 0 aromatic carbocycles. The van der Waals surface area contributed by atoms with Gasteiger partial charge in [0.25, 0.3) is 0 Å². The Labute approximate surface area is 109 Å². The van der Waals surface area contributed by atoms with Crippen LogP contribution in [-0.2, 0) is 10.0 Å². The van der Waals surface area contributed by atoms with E-state index in [9.17, 15) is 13.5 Å². The number of rotatable bonds is 6. The summed E-state index contributed by atoms with van der Waals surface area (Å²) in [6.07, 6.45) is 2.48. The Morgan fingerprint density at radius 3 is 2.89 bits per heavy atom. The van der Waals surface area contributed by atoms with Crippen molar-refractivity contribution < 1.29 is 17.9 Å². The van der Waals surface area contributed by atoms with Crippen LogP contribution in [0.2, 0.25) is 0 Å². The van der Waals surface area contributed by atoms with Crippen LogP contribution >= 0.6 is 11.3 Å². The Morgan fingerprint density at radius 1 is 1.44 bits per heavy atom. The van der Waals surface area contributed by atoms with Crippen molar-refractivity contribution in [2.45, 2.75) is 16.7 Å². The van der Waals surface area contributed by atoms with Gasteiger partial charge in [-0.1, -0.05) is 6.07 Å². The van der Waals surface area contributed by atoms with Crippen molar-refractivity contribution in [3.05, 3.63) is 41.7 Å². The summed E-state index contributed by atoms with van der Waals surface area (Å²) in [6.45, 7) is 0.173. The maximum atomic E-state index is 11.8. The molecule has 0 amide bonds. The fourth-order valence-electron chi connectivity index (χ4n) is 1.45. The van der Waals surface area contributed by atoms with Crippen LogP contribution in [0.3, 0.4) is 0 Å². The first-order valence-corrected chi connectivity index (χ1v) is 7.69. The number of hydrogen-bond donors (Lipinski definition) is 2. The van der Waals surface area contributed by atoms with Gasteiger partial charge in [0.05, 0.1) is 18.6 Å². The molecule has 98 valence electrons. The maximum absolute atomic E-state index is 11.8. The molecule has 1 atom stereocenters. The van der Waals surface area contributed by atoms with Gasteiger partial charge in [-0.05, 0) is 23.9 Å². The van der Waals surface area contributed by atoms with E-state index in [4.69, 9.17) is 4.42 Å². The average Bonchev–Trinajstić information content (AvgIpc) is 3.02. The van der Waals surface area contributed by atoms with Crippen molar-refractivity contribution in [1.29, 1.82) is 0 Å². The van der Waals surface area contributed by atoms with E-state index >= 15 is 0 Å². The molecule has 0 fully saturated rings. The summed E-state index contributed by atoms with van der Waals surface area (Å²) in [5.41, 5.74) is 0.644. The molecular weight excluding hydrogens is 274 g/mol. The van der Waals surface area contributed by atoms with Gasteiger partial charge in [-0.25, -0.2) is 13.1 Å². The molecule has 0 aliphatic rings. The van der Waals surface area contributed by atoms with Crippen molar-refractivity contribution in [3.63, 3.8) is 0 Å². The number of aliphatic hydroxyl groups is 1. The first-order valence-electron chi connectivity index (χ1n) is 5.33. The van der Waals surface area contributed by atoms with Crippen molar-refractivity contribution in [3.8, 4) is 0 Å². The monoisotopic (exact) mass is 287 g/mol. The number of hydrogen-bond acceptors (Lipinski definition) is 5. The van der Waals surface area contributed by atoms with Crippen LogP contribution in [0.4, 0.5) is 0 Å². The molecule has 0 saturated carbocycles. The third-order valence-corrected chi connectivity index (χ3v) is 5.26. The van der Waals surface area contributed by atoms with Crippen LogP contribution in [0.1, 0.15) is 18.1 Å². The molecule has 2 aromatic rings. The predicted molar refractivity (Wildman–Crippen MR) is 67.8 cm³/mol. The molecule has 2 N–H and O–H groups in total. The fourth-order valence-corrected chi connectivity index (χ4v) is 3.53. The molecule has 0 bridgehead atoms. The van der Waals surface area contributed by atoms with E-state index in [1.807, 2.05) is 0 Å². The highest BCUT2D eigenvalue weighted by molar-refractivity contribution is 7.91. The Hall–Kier alpha value is -1.15. The average molecular weight is 287 g/mol. The molecule has 0 saturated heterocycles. The first kappa shape index (κ1) is 13.3. The van der Waals surface area contributed by atoms with E-state index in [1.165, 1.54) is 12.5 Å². The second-order valence-corrected chi connectivity index (χ2v) is 6.63. The van der Waals surface area contributed by atoms with E-state index in [-0.39, 0.29) is 10.8 Å². The number of nitrogens with one attached hydrogen (secondary N) is 1. The Bertz CT molecular complexity index is 560. The first-order chi connectivity index (χ1) is 8.59. The van der Waals surface area contributed by atoms with Gasteiger partial charge in [-0.3, -0.25) is 0 Å². The highest BCUT2D eigenvalue weighted by Gasteiger charge is 2.15. The minimum absolute atomic E-state index is 0.173. The normalized spacial score (nSPS) is 13.6. The number of thiophene rings is 1. The van der Waals surface area contributed by atoms with Gasteiger partial charge in [-0.2, -0.15) is 0 Å². The van der Waals surface area contributed by atoms with E-state index < -0.39 is 16.1 Å². The lowest BCUT2D eigenvalue weighted by atomic mass is 10.1. The van der Waals surface area contributed by atoms with E-state index in [1.54, 1.807) is 23.6 Å². The van der Waals surface area contributed by atoms with Crippen molar-refractivity contribution in [2.75, 3.05) is 6.54 Å². The summed E-state index contributed by atoms with van der Waals surface area (Å²) in [5, 5.41) is 11.4. The molecule has 7 heteroatoms. The third-order valence-electron chi connectivity index (χ3n) is 2.40. The number of furan rings is 1. The number of sulfonamides is 1. The second kappa shape index (κ2) is 5.66. The van der Waals surface area contributed by atoms with Gasteiger partial charge in [-0.15, -0.1) is 11.3 Å². The standard InChI is InChI=1S/C11H13NO4S2/c13-10(9-4-6-16-8-9)3-5-12-18(14,15)11-2-1-7-17-11/h1-2,4,6-8,10,12-13H,3,5H2. The van der Waals surface area contributed by atoms with Crippen molar-refractivity contribution in [1.82, 2.24) is 4.72 Å². The summed E-state index contributed by atoms with van der Waals surface area (Å²) in [7, 11) is -3.45. The van der Waals surface area contributed by atoms with Gasteiger partial charge in [0.2, 0.25) is 10.0 Å². The van der Waals surface area contributed by atoms with Crippen LogP contribution in [0.5, 0.6) is 0 Å². The SMILES string of the molecule is O=S(=O)(NCCC(O)c1ccoc1)c1cccs1. The lowest BCUT2D eigenvalue weighted by molar-refractivity contribution is 0.168. The topological polar surface area (TPSA) is 79.5 Å². The largest absolute Gasteiger partial charge is 0.472 e. The Balaban J connectivity index is 1.86. The molecule has 2 aromatic heterocycles. The fraction of sp³-hybridized carbons (Fsp3) is 0.273. The van der Waals surface area contributed by atoms with E-state index in [0.717, 1.165) is 11.3 Å². The zero-order chi connectivity index (χ0) is 13.0. The van der Waals surface area contributed by atoms with E-state index in [0.29, 0.717) is 12.0 Å². The van der Waals surface area contributed by atoms with Gasteiger partial charge >= 0.3 is 0 Å². The minimum Gasteiger partial charge on any atom is -0.472 e. The summed E-state index contributed by atoms with van der Waals surface area (Å²) in [5.74, 6) is 0. The zero-order valence-corrected chi connectivity index (χ0v) is 11.1. The second-order valence-electron chi connectivity index (χ2n) is 3.69. The molecule has 0 spiro atoms. The maximum Gasteiger partial charge on any atom is 0.250 e.